The second-order valence-electron chi connectivity index (χ2n) is 7.34. The minimum Gasteiger partial charge on any atom is -0.482 e. The number of carbonyl (C=O) groups is 2. The summed E-state index contributed by atoms with van der Waals surface area (Å²) in [6.45, 7) is 8.04. The number of aryl methyl sites for hydroxylation is 2. The summed E-state index contributed by atoms with van der Waals surface area (Å²) in [4.78, 5) is 28.7. The SMILES string of the molecule is Cc1ccc(OCC(=O)O[C@H](C)C(=O)N2CCN(c3ccccc3)CC2)c(C)c1. The lowest BCUT2D eigenvalue weighted by Crippen LogP contribution is -2.51. The van der Waals surface area contributed by atoms with Crippen LogP contribution in [0, 0.1) is 13.8 Å². The molecule has 1 atom stereocenters. The Morgan fingerprint density at radius 1 is 1.00 bits per heavy atom. The van der Waals surface area contributed by atoms with Gasteiger partial charge >= 0.3 is 5.97 Å². The summed E-state index contributed by atoms with van der Waals surface area (Å²) in [5.41, 5.74) is 3.24. The van der Waals surface area contributed by atoms with Crippen LogP contribution in [-0.4, -0.2) is 55.7 Å². The molecule has 0 aromatic heterocycles. The third-order valence-corrected chi connectivity index (χ3v) is 5.04. The van der Waals surface area contributed by atoms with Gasteiger partial charge in [0.1, 0.15) is 5.75 Å². The van der Waals surface area contributed by atoms with E-state index in [0.29, 0.717) is 18.8 Å². The minimum atomic E-state index is -0.825. The number of ether oxygens (including phenoxy) is 2. The van der Waals surface area contributed by atoms with Crippen LogP contribution >= 0.6 is 0 Å². The summed E-state index contributed by atoms with van der Waals surface area (Å²) < 4.78 is 10.8. The van der Waals surface area contributed by atoms with Crippen molar-refractivity contribution in [2.45, 2.75) is 26.9 Å². The molecule has 1 amide bonds. The normalized spacial score (nSPS) is 15.0. The summed E-state index contributed by atoms with van der Waals surface area (Å²) in [5.74, 6) is -0.0742. The van der Waals surface area contributed by atoms with Gasteiger partial charge in [-0.2, -0.15) is 0 Å². The molecule has 6 nitrogen and oxygen atoms in total. The van der Waals surface area contributed by atoms with Crippen molar-refractivity contribution in [2.75, 3.05) is 37.7 Å². The molecule has 0 unspecified atom stereocenters. The van der Waals surface area contributed by atoms with Crippen LogP contribution in [0.3, 0.4) is 0 Å². The zero-order valence-corrected chi connectivity index (χ0v) is 17.3. The van der Waals surface area contributed by atoms with E-state index < -0.39 is 12.1 Å². The minimum absolute atomic E-state index is 0.169. The number of benzene rings is 2. The molecule has 2 aromatic carbocycles. The first-order chi connectivity index (χ1) is 13.9. The number of hydrogen-bond acceptors (Lipinski definition) is 5. The van der Waals surface area contributed by atoms with E-state index in [0.717, 1.165) is 29.9 Å². The van der Waals surface area contributed by atoms with Gasteiger partial charge in [0, 0.05) is 31.9 Å². The highest BCUT2D eigenvalue weighted by molar-refractivity contribution is 5.84. The van der Waals surface area contributed by atoms with Crippen molar-refractivity contribution in [1.82, 2.24) is 4.90 Å². The number of carbonyl (C=O) groups excluding carboxylic acids is 2. The summed E-state index contributed by atoms with van der Waals surface area (Å²) in [7, 11) is 0. The highest BCUT2D eigenvalue weighted by Crippen LogP contribution is 2.19. The highest BCUT2D eigenvalue weighted by Gasteiger charge is 2.27. The maximum Gasteiger partial charge on any atom is 0.344 e. The van der Waals surface area contributed by atoms with Crippen LogP contribution in [0.25, 0.3) is 0 Å². The molecule has 1 heterocycles. The Bertz CT molecular complexity index is 845. The van der Waals surface area contributed by atoms with Crippen molar-refractivity contribution < 1.29 is 19.1 Å². The van der Waals surface area contributed by atoms with Crippen molar-refractivity contribution in [3.05, 3.63) is 59.7 Å². The summed E-state index contributed by atoms with van der Waals surface area (Å²) in [6, 6.07) is 15.9. The molecule has 0 spiro atoms. The quantitative estimate of drug-likeness (QED) is 0.703. The van der Waals surface area contributed by atoms with E-state index in [1.54, 1.807) is 11.8 Å². The molecule has 0 saturated carbocycles. The Kier molecular flexibility index (Phi) is 6.75. The predicted octanol–water partition coefficient (Wildman–Crippen LogP) is 2.96. The topological polar surface area (TPSA) is 59.1 Å². The molecular weight excluding hydrogens is 368 g/mol. The van der Waals surface area contributed by atoms with Gasteiger partial charge in [0.2, 0.25) is 0 Å². The Morgan fingerprint density at radius 2 is 1.69 bits per heavy atom. The summed E-state index contributed by atoms with van der Waals surface area (Å²) in [5, 5.41) is 0. The number of anilines is 1. The van der Waals surface area contributed by atoms with Gasteiger partial charge in [0.05, 0.1) is 0 Å². The fourth-order valence-electron chi connectivity index (χ4n) is 3.46. The third kappa shape index (κ3) is 5.50. The highest BCUT2D eigenvalue weighted by atomic mass is 16.6. The Balaban J connectivity index is 1.44. The van der Waals surface area contributed by atoms with Gasteiger partial charge in [-0.1, -0.05) is 35.9 Å². The van der Waals surface area contributed by atoms with Gasteiger partial charge in [-0.15, -0.1) is 0 Å². The average Bonchev–Trinajstić information content (AvgIpc) is 2.73. The van der Waals surface area contributed by atoms with Gasteiger partial charge in [0.25, 0.3) is 5.91 Å². The van der Waals surface area contributed by atoms with Crippen LogP contribution in [0.1, 0.15) is 18.1 Å². The molecule has 0 bridgehead atoms. The Hall–Kier alpha value is -3.02. The van der Waals surface area contributed by atoms with Crippen LogP contribution in [0.5, 0.6) is 5.75 Å². The molecule has 0 radical (unpaired) electrons. The molecule has 29 heavy (non-hydrogen) atoms. The first kappa shape index (κ1) is 20.7. The van der Waals surface area contributed by atoms with Crippen molar-refractivity contribution in [3.8, 4) is 5.75 Å². The van der Waals surface area contributed by atoms with Crippen molar-refractivity contribution in [1.29, 1.82) is 0 Å². The number of rotatable bonds is 6. The van der Waals surface area contributed by atoms with E-state index in [2.05, 4.69) is 17.0 Å². The number of esters is 1. The maximum absolute atomic E-state index is 12.6. The standard InChI is InChI=1S/C23H28N2O4/c1-17-9-10-21(18(2)15-17)28-16-22(26)29-19(3)23(27)25-13-11-24(12-14-25)20-7-5-4-6-8-20/h4-10,15,19H,11-14,16H2,1-3H3/t19-/m1/s1. The molecule has 154 valence electrons. The van der Waals surface area contributed by atoms with E-state index >= 15 is 0 Å². The Labute approximate surface area is 172 Å². The van der Waals surface area contributed by atoms with Crippen molar-refractivity contribution in [2.24, 2.45) is 0 Å². The zero-order valence-electron chi connectivity index (χ0n) is 17.3. The second-order valence-corrected chi connectivity index (χ2v) is 7.34. The van der Waals surface area contributed by atoms with Crippen molar-refractivity contribution >= 4 is 17.6 Å². The number of amides is 1. The van der Waals surface area contributed by atoms with Crippen LogP contribution < -0.4 is 9.64 Å². The molecule has 1 saturated heterocycles. The smallest absolute Gasteiger partial charge is 0.344 e. The average molecular weight is 396 g/mol. The molecule has 6 heteroatoms. The Morgan fingerprint density at radius 3 is 2.34 bits per heavy atom. The molecule has 0 aliphatic carbocycles. The number of hydrogen-bond donors (Lipinski definition) is 0. The molecule has 2 aromatic rings. The largest absolute Gasteiger partial charge is 0.482 e. The lowest BCUT2D eigenvalue weighted by atomic mass is 10.1. The van der Waals surface area contributed by atoms with E-state index in [1.165, 1.54) is 0 Å². The second kappa shape index (κ2) is 9.45. The lowest BCUT2D eigenvalue weighted by molar-refractivity contribution is -0.160. The fraction of sp³-hybridized carbons (Fsp3) is 0.391. The van der Waals surface area contributed by atoms with Gasteiger partial charge in [-0.05, 0) is 44.5 Å². The van der Waals surface area contributed by atoms with Gasteiger partial charge in [-0.3, -0.25) is 4.79 Å². The van der Waals surface area contributed by atoms with Crippen LogP contribution in [0.4, 0.5) is 5.69 Å². The molecule has 0 N–H and O–H groups in total. The first-order valence-corrected chi connectivity index (χ1v) is 9.92. The van der Waals surface area contributed by atoms with E-state index in [1.807, 2.05) is 50.2 Å². The van der Waals surface area contributed by atoms with Gasteiger partial charge in [0.15, 0.2) is 12.7 Å². The molecule has 1 aliphatic rings. The van der Waals surface area contributed by atoms with Crippen LogP contribution in [-0.2, 0) is 14.3 Å². The first-order valence-electron chi connectivity index (χ1n) is 9.92. The lowest BCUT2D eigenvalue weighted by Gasteiger charge is -2.37. The molecule has 1 aliphatic heterocycles. The molecular formula is C23H28N2O4. The van der Waals surface area contributed by atoms with E-state index in [4.69, 9.17) is 9.47 Å². The van der Waals surface area contributed by atoms with Gasteiger partial charge < -0.3 is 19.3 Å². The van der Waals surface area contributed by atoms with Crippen LogP contribution in [0.2, 0.25) is 0 Å². The number of para-hydroxylation sites is 1. The van der Waals surface area contributed by atoms with Gasteiger partial charge in [-0.25, -0.2) is 4.79 Å². The summed E-state index contributed by atoms with van der Waals surface area (Å²) in [6.07, 6.45) is -0.825. The molecule has 1 fully saturated rings. The zero-order chi connectivity index (χ0) is 20.8. The number of piperazine rings is 1. The van der Waals surface area contributed by atoms with E-state index in [-0.39, 0.29) is 12.5 Å². The van der Waals surface area contributed by atoms with Crippen molar-refractivity contribution in [3.63, 3.8) is 0 Å². The van der Waals surface area contributed by atoms with Crippen LogP contribution in [0.15, 0.2) is 48.5 Å². The third-order valence-electron chi connectivity index (χ3n) is 5.04. The monoisotopic (exact) mass is 396 g/mol. The number of nitrogens with zero attached hydrogens (tertiary/aromatic N) is 2. The maximum atomic E-state index is 12.6. The fourth-order valence-corrected chi connectivity index (χ4v) is 3.46. The van der Waals surface area contributed by atoms with E-state index in [9.17, 15) is 9.59 Å². The molecule has 3 rings (SSSR count). The predicted molar refractivity (Wildman–Crippen MR) is 112 cm³/mol. The summed E-state index contributed by atoms with van der Waals surface area (Å²) >= 11 is 0.